The molecule has 0 bridgehead atoms. The molecule has 3 unspecified atom stereocenters. The summed E-state index contributed by atoms with van der Waals surface area (Å²) in [6.45, 7) is 0.797. The number of hydrogen-bond donors (Lipinski definition) is 1. The van der Waals surface area contributed by atoms with Crippen molar-refractivity contribution in [3.05, 3.63) is 58.6 Å². The lowest BCUT2D eigenvalue weighted by atomic mass is 10.00. The van der Waals surface area contributed by atoms with Gasteiger partial charge in [-0.2, -0.15) is 4.98 Å². The molecule has 0 spiro atoms. The highest BCUT2D eigenvalue weighted by Crippen LogP contribution is 2.42. The maximum absolute atomic E-state index is 14.0. The molecule has 2 aromatic rings. The Balaban J connectivity index is 1.83. The predicted octanol–water partition coefficient (Wildman–Crippen LogP) is 1.90. The first-order chi connectivity index (χ1) is 13.8. The number of nitrogen functional groups attached to an aromatic ring is 1. The summed E-state index contributed by atoms with van der Waals surface area (Å²) in [5, 5.41) is 0. The fourth-order valence-corrected chi connectivity index (χ4v) is 3.19. The summed E-state index contributed by atoms with van der Waals surface area (Å²) in [6, 6.07) is 10.4. The minimum atomic E-state index is -2.95. The first kappa shape index (κ1) is 20.9. The van der Waals surface area contributed by atoms with Gasteiger partial charge in [0, 0.05) is 19.5 Å². The van der Waals surface area contributed by atoms with Gasteiger partial charge in [-0.1, -0.05) is 30.3 Å². The van der Waals surface area contributed by atoms with Crippen LogP contribution in [0, 0.1) is 0 Å². The van der Waals surface area contributed by atoms with Crippen molar-refractivity contribution < 1.29 is 27.8 Å². The fourth-order valence-electron chi connectivity index (χ4n) is 3.19. The highest BCUT2D eigenvalue weighted by Gasteiger charge is 2.55. The second-order valence-electron chi connectivity index (χ2n) is 6.75. The molecular formula is C19H21F2N3O5. The van der Waals surface area contributed by atoms with Crippen LogP contribution in [0.15, 0.2) is 47.4 Å². The van der Waals surface area contributed by atoms with Gasteiger partial charge in [0.1, 0.15) is 11.9 Å². The van der Waals surface area contributed by atoms with Gasteiger partial charge < -0.3 is 19.9 Å². The third kappa shape index (κ3) is 4.77. The molecule has 1 aliphatic heterocycles. The van der Waals surface area contributed by atoms with E-state index in [1.807, 2.05) is 6.07 Å². The number of nitrogens with zero attached hydrogens (tertiary/aromatic N) is 2. The number of alkyl halides is 2. The highest BCUT2D eigenvalue weighted by molar-refractivity contribution is 5.66. The van der Waals surface area contributed by atoms with Crippen molar-refractivity contribution in [2.45, 2.75) is 44.3 Å². The summed E-state index contributed by atoms with van der Waals surface area (Å²) < 4.78 is 45.3. The topological polar surface area (TPSA) is 106 Å². The molecule has 3 rings (SSSR count). The zero-order valence-corrected chi connectivity index (χ0v) is 15.7. The Kier molecular flexibility index (Phi) is 6.23. The molecule has 1 aromatic carbocycles. The van der Waals surface area contributed by atoms with E-state index in [4.69, 9.17) is 19.9 Å². The van der Waals surface area contributed by atoms with Crippen LogP contribution in [0.5, 0.6) is 0 Å². The normalized spacial score (nSPS) is 24.0. The summed E-state index contributed by atoms with van der Waals surface area (Å²) in [5.41, 5.74) is 3.42. The Labute approximate surface area is 165 Å². The van der Waals surface area contributed by atoms with Crippen LogP contribution in [0.25, 0.3) is 0 Å². The first-order valence-corrected chi connectivity index (χ1v) is 8.90. The molecule has 1 fully saturated rings. The Morgan fingerprint density at radius 3 is 2.72 bits per heavy atom. The van der Waals surface area contributed by atoms with Crippen molar-refractivity contribution in [3.8, 4) is 0 Å². The molecule has 2 heterocycles. The standard InChI is InChI=1S/C19H21F2N3O5/c1-12(25)28-14-9-19(17(20)21,11-27-10-13-5-3-2-4-6-13)29-16(14)24-8-7-15(22)23-18(24)26/h2-8,14,16-17H,9-11H2,1H3,(H2,22,23,26). The first-order valence-electron chi connectivity index (χ1n) is 8.90. The zero-order chi connectivity index (χ0) is 21.0. The molecule has 0 radical (unpaired) electrons. The number of hydrogen-bond acceptors (Lipinski definition) is 7. The number of carbonyl (C=O) groups is 1. The van der Waals surface area contributed by atoms with Crippen LogP contribution in [-0.4, -0.2) is 40.3 Å². The molecule has 1 aromatic heterocycles. The van der Waals surface area contributed by atoms with E-state index in [9.17, 15) is 18.4 Å². The minimum Gasteiger partial charge on any atom is -0.458 e. The molecule has 8 nitrogen and oxygen atoms in total. The van der Waals surface area contributed by atoms with Crippen molar-refractivity contribution in [1.82, 2.24) is 9.55 Å². The summed E-state index contributed by atoms with van der Waals surface area (Å²) in [7, 11) is 0. The van der Waals surface area contributed by atoms with E-state index in [0.717, 1.165) is 17.1 Å². The van der Waals surface area contributed by atoms with E-state index in [-0.39, 0.29) is 18.8 Å². The van der Waals surface area contributed by atoms with Gasteiger partial charge in [0.25, 0.3) is 6.43 Å². The molecule has 3 atom stereocenters. The van der Waals surface area contributed by atoms with E-state index >= 15 is 0 Å². The van der Waals surface area contributed by atoms with Crippen molar-refractivity contribution >= 4 is 11.8 Å². The van der Waals surface area contributed by atoms with Crippen LogP contribution < -0.4 is 11.4 Å². The third-order valence-electron chi connectivity index (χ3n) is 4.52. The van der Waals surface area contributed by atoms with Crippen LogP contribution in [-0.2, 0) is 25.6 Å². The monoisotopic (exact) mass is 409 g/mol. The van der Waals surface area contributed by atoms with Gasteiger partial charge >= 0.3 is 11.7 Å². The predicted molar refractivity (Wildman–Crippen MR) is 98.0 cm³/mol. The lowest BCUT2D eigenvalue weighted by Crippen LogP contribution is -2.42. The summed E-state index contributed by atoms with van der Waals surface area (Å²) in [5.74, 6) is -0.713. The van der Waals surface area contributed by atoms with E-state index < -0.39 is 42.6 Å². The molecule has 2 N–H and O–H groups in total. The molecule has 0 saturated carbocycles. The zero-order valence-electron chi connectivity index (χ0n) is 15.7. The number of esters is 1. The number of aromatic nitrogens is 2. The highest BCUT2D eigenvalue weighted by atomic mass is 19.3. The Morgan fingerprint density at radius 2 is 2.10 bits per heavy atom. The number of benzene rings is 1. The minimum absolute atomic E-state index is 0.0281. The summed E-state index contributed by atoms with van der Waals surface area (Å²) >= 11 is 0. The van der Waals surface area contributed by atoms with Gasteiger partial charge in [-0.05, 0) is 11.6 Å². The third-order valence-corrected chi connectivity index (χ3v) is 4.52. The van der Waals surface area contributed by atoms with Gasteiger partial charge in [0.15, 0.2) is 11.8 Å². The second kappa shape index (κ2) is 8.66. The Bertz CT molecular complexity index is 908. The van der Waals surface area contributed by atoms with Gasteiger partial charge in [0.2, 0.25) is 0 Å². The van der Waals surface area contributed by atoms with E-state index in [2.05, 4.69) is 4.98 Å². The van der Waals surface area contributed by atoms with Gasteiger partial charge in [-0.3, -0.25) is 9.36 Å². The fraction of sp³-hybridized carbons (Fsp3) is 0.421. The number of carbonyl (C=O) groups excluding carboxylic acids is 1. The van der Waals surface area contributed by atoms with E-state index in [1.165, 1.54) is 12.3 Å². The van der Waals surface area contributed by atoms with Crippen LogP contribution in [0.2, 0.25) is 0 Å². The molecule has 0 aliphatic carbocycles. The lowest BCUT2D eigenvalue weighted by molar-refractivity contribution is -0.185. The summed E-state index contributed by atoms with van der Waals surface area (Å²) in [4.78, 5) is 27.2. The quantitative estimate of drug-likeness (QED) is 0.696. The molecule has 0 amide bonds. The van der Waals surface area contributed by atoms with Gasteiger partial charge in [-0.15, -0.1) is 0 Å². The van der Waals surface area contributed by atoms with Crippen molar-refractivity contribution in [2.75, 3.05) is 12.3 Å². The molecule has 29 heavy (non-hydrogen) atoms. The van der Waals surface area contributed by atoms with Crippen molar-refractivity contribution in [2.24, 2.45) is 0 Å². The molecule has 10 heteroatoms. The smallest absolute Gasteiger partial charge is 0.351 e. The Morgan fingerprint density at radius 1 is 1.38 bits per heavy atom. The maximum atomic E-state index is 14.0. The average molecular weight is 409 g/mol. The van der Waals surface area contributed by atoms with Crippen molar-refractivity contribution in [3.63, 3.8) is 0 Å². The van der Waals surface area contributed by atoms with Crippen LogP contribution in [0.1, 0.15) is 25.1 Å². The number of ether oxygens (including phenoxy) is 3. The average Bonchev–Trinajstić information content (AvgIpc) is 3.01. The number of halogens is 2. The van der Waals surface area contributed by atoms with Gasteiger partial charge in [0.05, 0.1) is 13.2 Å². The van der Waals surface area contributed by atoms with Crippen molar-refractivity contribution in [1.29, 1.82) is 0 Å². The number of anilines is 1. The lowest BCUT2D eigenvalue weighted by Gasteiger charge is -2.28. The maximum Gasteiger partial charge on any atom is 0.351 e. The van der Waals surface area contributed by atoms with Crippen LogP contribution in [0.3, 0.4) is 0 Å². The van der Waals surface area contributed by atoms with E-state index in [0.29, 0.717) is 0 Å². The van der Waals surface area contributed by atoms with E-state index in [1.54, 1.807) is 24.3 Å². The Hall–Kier alpha value is -2.85. The molecule has 1 aliphatic rings. The molecule has 1 saturated heterocycles. The SMILES string of the molecule is CC(=O)OC1CC(COCc2ccccc2)(C(F)F)OC1n1ccc(N)nc1=O. The van der Waals surface area contributed by atoms with Crippen LogP contribution in [0.4, 0.5) is 14.6 Å². The van der Waals surface area contributed by atoms with Crippen LogP contribution >= 0.6 is 0 Å². The largest absolute Gasteiger partial charge is 0.458 e. The number of rotatable bonds is 7. The summed E-state index contributed by atoms with van der Waals surface area (Å²) in [6.07, 6.45) is -4.43. The number of nitrogens with two attached hydrogens (primary N) is 1. The van der Waals surface area contributed by atoms with Gasteiger partial charge in [-0.25, -0.2) is 13.6 Å². The molecular weight excluding hydrogens is 388 g/mol. The second-order valence-corrected chi connectivity index (χ2v) is 6.75. The molecule has 156 valence electrons.